The lowest BCUT2D eigenvalue weighted by Gasteiger charge is -2.24. The molecule has 2 atom stereocenters. The van der Waals surface area contributed by atoms with Crippen molar-refractivity contribution in [3.63, 3.8) is 0 Å². The lowest BCUT2D eigenvalue weighted by atomic mass is 9.86. The van der Waals surface area contributed by atoms with Gasteiger partial charge in [-0.2, -0.15) is 5.11 Å². The summed E-state index contributed by atoms with van der Waals surface area (Å²) in [7, 11) is -2.22. The molecule has 2 aromatic carbocycles. The summed E-state index contributed by atoms with van der Waals surface area (Å²) in [5.41, 5.74) is 3.64. The maximum Gasteiger partial charge on any atom is 0.255 e. The highest BCUT2D eigenvalue weighted by Gasteiger charge is 2.29. The highest BCUT2D eigenvalue weighted by Crippen LogP contribution is 2.39. The van der Waals surface area contributed by atoms with Crippen LogP contribution in [0.4, 0.5) is 17.1 Å². The van der Waals surface area contributed by atoms with Crippen molar-refractivity contribution < 1.29 is 22.7 Å². The maximum absolute atomic E-state index is 13.5. The summed E-state index contributed by atoms with van der Waals surface area (Å²) < 4.78 is 32.1. The Balaban J connectivity index is 1.54. The Labute approximate surface area is 252 Å². The molecule has 3 N–H and O–H groups in total. The van der Waals surface area contributed by atoms with E-state index in [1.54, 1.807) is 47.7 Å². The minimum atomic E-state index is -3.62. The molecule has 2 unspecified atom stereocenters. The number of amides is 2. The second-order valence-electron chi connectivity index (χ2n) is 11.5. The molecule has 0 bridgehead atoms. The molecule has 1 aromatic heterocycles. The van der Waals surface area contributed by atoms with Crippen LogP contribution in [0.25, 0.3) is 0 Å². The number of benzene rings is 2. The summed E-state index contributed by atoms with van der Waals surface area (Å²) in [4.78, 5) is 30.5. The van der Waals surface area contributed by atoms with Gasteiger partial charge in [0.05, 0.1) is 43.0 Å². The van der Waals surface area contributed by atoms with Gasteiger partial charge in [0.2, 0.25) is 15.9 Å². The second-order valence-corrected chi connectivity index (χ2v) is 13.3. The molecule has 1 aliphatic heterocycles. The first-order valence-electron chi connectivity index (χ1n) is 13.7. The fourth-order valence-corrected chi connectivity index (χ4v) is 5.09. The zero-order valence-electron chi connectivity index (χ0n) is 25.3. The van der Waals surface area contributed by atoms with E-state index in [-0.39, 0.29) is 35.3 Å². The minimum Gasteiger partial charge on any atom is -0.492 e. The summed E-state index contributed by atoms with van der Waals surface area (Å²) in [6.45, 7) is 9.90. The molecule has 13 heteroatoms. The van der Waals surface area contributed by atoms with Crippen molar-refractivity contribution in [1.29, 1.82) is 0 Å². The molecule has 12 nitrogen and oxygen atoms in total. The van der Waals surface area contributed by atoms with Crippen LogP contribution in [0.2, 0.25) is 0 Å². The third kappa shape index (κ3) is 7.66. The fraction of sp³-hybridized carbons (Fsp3) is 0.367. The van der Waals surface area contributed by atoms with Crippen LogP contribution in [0.3, 0.4) is 0 Å². The topological polar surface area (TPSA) is 154 Å². The van der Waals surface area contributed by atoms with Crippen molar-refractivity contribution >= 4 is 38.9 Å². The van der Waals surface area contributed by atoms with Crippen molar-refractivity contribution in [3.8, 4) is 5.75 Å². The number of carbonyl (C=O) groups excluding carboxylic acids is 2. The number of hydrogen-bond acceptors (Lipinski definition) is 9. The average molecular weight is 608 g/mol. The maximum atomic E-state index is 13.5. The Bertz CT molecular complexity index is 1650. The van der Waals surface area contributed by atoms with Gasteiger partial charge in [0.25, 0.3) is 5.91 Å². The number of hydrogen-bond donors (Lipinski definition) is 3. The van der Waals surface area contributed by atoms with Crippen LogP contribution in [-0.2, 0) is 20.2 Å². The lowest BCUT2D eigenvalue weighted by molar-refractivity contribution is -0.122. The fourth-order valence-electron chi connectivity index (χ4n) is 4.54. The molecule has 228 valence electrons. The van der Waals surface area contributed by atoms with Gasteiger partial charge in [-0.15, -0.1) is 0 Å². The number of sulfonamides is 1. The van der Waals surface area contributed by atoms with E-state index in [0.29, 0.717) is 16.9 Å². The molecule has 2 heterocycles. The monoisotopic (exact) mass is 607 g/mol. The molecule has 0 saturated heterocycles. The molecular weight excluding hydrogens is 570 g/mol. The number of nitrogens with zero attached hydrogens (tertiary/aromatic N) is 4. The number of aromatic nitrogens is 1. The molecule has 1 aliphatic rings. The quantitative estimate of drug-likeness (QED) is 0.317. The lowest BCUT2D eigenvalue weighted by Crippen LogP contribution is -2.38. The number of ether oxygens (including phenoxy) is 1. The first kappa shape index (κ1) is 31.4. The number of pyridine rings is 1. The molecule has 43 heavy (non-hydrogen) atoms. The number of carbonyl (C=O) groups is 2. The molecule has 0 radical (unpaired) electrons. The predicted octanol–water partition coefficient (Wildman–Crippen LogP) is 4.75. The Kier molecular flexibility index (Phi) is 9.04. The van der Waals surface area contributed by atoms with Gasteiger partial charge >= 0.3 is 0 Å². The van der Waals surface area contributed by atoms with Crippen molar-refractivity contribution in [2.45, 2.75) is 52.1 Å². The Hall–Kier alpha value is -4.52. The highest BCUT2D eigenvalue weighted by molar-refractivity contribution is 7.92. The molecule has 0 fully saturated rings. The molecule has 0 saturated carbocycles. The van der Waals surface area contributed by atoms with Gasteiger partial charge in [-0.25, -0.2) is 13.4 Å². The normalized spacial score (nSPS) is 15.6. The van der Waals surface area contributed by atoms with E-state index in [4.69, 9.17) is 4.74 Å². The Morgan fingerprint density at radius 3 is 2.47 bits per heavy atom. The van der Waals surface area contributed by atoms with Crippen LogP contribution in [0.15, 0.2) is 65.2 Å². The Morgan fingerprint density at radius 2 is 1.84 bits per heavy atom. The van der Waals surface area contributed by atoms with Crippen LogP contribution in [0.5, 0.6) is 5.75 Å². The van der Waals surface area contributed by atoms with E-state index in [1.807, 2.05) is 46.8 Å². The van der Waals surface area contributed by atoms with E-state index in [2.05, 4.69) is 30.7 Å². The third-order valence-corrected chi connectivity index (χ3v) is 7.53. The number of methoxy groups -OCH3 is 1. The van der Waals surface area contributed by atoms with Gasteiger partial charge in [-0.3, -0.25) is 19.3 Å². The van der Waals surface area contributed by atoms with Crippen molar-refractivity contribution in [3.05, 3.63) is 77.1 Å². The first-order chi connectivity index (χ1) is 20.2. The van der Waals surface area contributed by atoms with E-state index >= 15 is 0 Å². The molecule has 2 amide bonds. The number of rotatable bonds is 9. The van der Waals surface area contributed by atoms with E-state index in [1.165, 1.54) is 7.11 Å². The molecule has 0 aliphatic carbocycles. The predicted molar refractivity (Wildman–Crippen MR) is 166 cm³/mol. The zero-order chi connectivity index (χ0) is 31.5. The van der Waals surface area contributed by atoms with Crippen LogP contribution < -0.4 is 25.1 Å². The number of anilines is 3. The highest BCUT2D eigenvalue weighted by atomic mass is 32.2. The third-order valence-electron chi connectivity index (χ3n) is 6.94. The smallest absolute Gasteiger partial charge is 0.255 e. The SMILES string of the molecule is COc1c(NC(=O)c2ccc(C)c(N3CC(C(=O)NC(C)c4cccnc4)N=N3)c2)cc(C(C)(C)C)cc1NS(C)(=O)=O. The number of nitrogens with one attached hydrogen (secondary N) is 3. The summed E-state index contributed by atoms with van der Waals surface area (Å²) >= 11 is 0. The standard InChI is InChI=1S/C30H37N7O5S/c1-18-10-11-20(13-26(18)37-17-25(34-36-37)29(39)32-19(2)21-9-8-12-31-16-21)28(38)33-23-14-22(30(3,4)5)15-24(27(23)42-6)35-43(7,40)41/h8-16,19,25,35H,17H2,1-7H3,(H,32,39)(H,33,38). The molecular formula is C30H37N7O5S. The van der Waals surface area contributed by atoms with Gasteiger partial charge in [0, 0.05) is 18.0 Å². The summed E-state index contributed by atoms with van der Waals surface area (Å²) in [6, 6.07) is 11.3. The number of aryl methyl sites for hydroxylation is 1. The molecule has 0 spiro atoms. The van der Waals surface area contributed by atoms with E-state index in [9.17, 15) is 18.0 Å². The van der Waals surface area contributed by atoms with Crippen molar-refractivity contribution in [1.82, 2.24) is 10.3 Å². The van der Waals surface area contributed by atoms with Gasteiger partial charge in [-0.05, 0) is 66.3 Å². The summed E-state index contributed by atoms with van der Waals surface area (Å²) in [6.07, 6.45) is 4.42. The van der Waals surface area contributed by atoms with Gasteiger partial charge < -0.3 is 15.4 Å². The van der Waals surface area contributed by atoms with E-state index in [0.717, 1.165) is 22.9 Å². The van der Waals surface area contributed by atoms with Crippen molar-refractivity contribution in [2.24, 2.45) is 10.3 Å². The van der Waals surface area contributed by atoms with Gasteiger partial charge in [0.1, 0.15) is 0 Å². The van der Waals surface area contributed by atoms with Crippen LogP contribution in [0, 0.1) is 6.92 Å². The summed E-state index contributed by atoms with van der Waals surface area (Å²) in [5.74, 6) is -0.521. The Morgan fingerprint density at radius 1 is 1.12 bits per heavy atom. The van der Waals surface area contributed by atoms with Crippen LogP contribution in [-0.4, -0.2) is 51.2 Å². The molecule has 3 aromatic rings. The average Bonchev–Trinajstić information content (AvgIpc) is 3.42. The van der Waals surface area contributed by atoms with E-state index < -0.39 is 22.0 Å². The largest absolute Gasteiger partial charge is 0.492 e. The van der Waals surface area contributed by atoms with Gasteiger partial charge in [-0.1, -0.05) is 38.1 Å². The second kappa shape index (κ2) is 12.4. The van der Waals surface area contributed by atoms with Crippen LogP contribution >= 0.6 is 0 Å². The van der Waals surface area contributed by atoms with Crippen molar-refractivity contribution in [2.75, 3.05) is 35.0 Å². The minimum absolute atomic E-state index is 0.182. The van der Waals surface area contributed by atoms with Crippen LogP contribution in [0.1, 0.15) is 60.8 Å². The van der Waals surface area contributed by atoms with Gasteiger partial charge in [0.15, 0.2) is 11.8 Å². The zero-order valence-corrected chi connectivity index (χ0v) is 26.1. The first-order valence-corrected chi connectivity index (χ1v) is 15.6. The molecule has 4 rings (SSSR count). The summed E-state index contributed by atoms with van der Waals surface area (Å²) in [5, 5.41) is 15.8.